The molecule has 0 atom stereocenters. The summed E-state index contributed by atoms with van der Waals surface area (Å²) in [4.78, 5) is 17.9. The molecule has 1 aromatic heterocycles. The summed E-state index contributed by atoms with van der Waals surface area (Å²) >= 11 is 8.41. The highest BCUT2D eigenvalue weighted by molar-refractivity contribution is 9.13. The summed E-state index contributed by atoms with van der Waals surface area (Å²) in [6, 6.07) is 2.69. The topological polar surface area (TPSA) is 23.6 Å². The highest BCUT2D eigenvalue weighted by Crippen LogP contribution is 2.33. The van der Waals surface area contributed by atoms with Crippen molar-refractivity contribution in [3.05, 3.63) is 19.2 Å². The number of nitrogens with zero attached hydrogens (tertiary/aromatic N) is 2. The maximum Gasteiger partial charge on any atom is 0.264 e. The molecule has 2 fully saturated rings. The first-order chi connectivity index (χ1) is 9.65. The summed E-state index contributed by atoms with van der Waals surface area (Å²) in [5.74, 6) is 0.174. The Balaban J connectivity index is 1.58. The highest BCUT2D eigenvalue weighted by atomic mass is 79.9. The van der Waals surface area contributed by atoms with E-state index in [1.54, 1.807) is 0 Å². The number of halogens is 2. The van der Waals surface area contributed by atoms with Crippen LogP contribution in [0.25, 0.3) is 0 Å². The first-order valence-electron chi connectivity index (χ1n) is 7.13. The lowest BCUT2D eigenvalue weighted by Gasteiger charge is -2.37. The van der Waals surface area contributed by atoms with Crippen LogP contribution in [-0.4, -0.2) is 47.9 Å². The van der Waals surface area contributed by atoms with Gasteiger partial charge in [-0.2, -0.15) is 0 Å². The largest absolute Gasteiger partial charge is 0.335 e. The van der Waals surface area contributed by atoms with Gasteiger partial charge < -0.3 is 4.90 Å². The number of piperazine rings is 1. The number of carbonyl (C=O) groups excluding carboxylic acids is 1. The third-order valence-electron chi connectivity index (χ3n) is 4.30. The average molecular weight is 422 g/mol. The number of thiophene rings is 1. The van der Waals surface area contributed by atoms with Gasteiger partial charge in [0, 0.05) is 36.7 Å². The molecule has 0 radical (unpaired) electrons. The zero-order chi connectivity index (χ0) is 14.1. The van der Waals surface area contributed by atoms with E-state index in [1.165, 1.54) is 37.0 Å². The molecular formula is C14H18Br2N2OS. The Kier molecular flexibility index (Phi) is 4.85. The van der Waals surface area contributed by atoms with Crippen LogP contribution in [0.2, 0.25) is 0 Å². The summed E-state index contributed by atoms with van der Waals surface area (Å²) in [6.07, 6.45) is 5.44. The van der Waals surface area contributed by atoms with Gasteiger partial charge >= 0.3 is 0 Å². The van der Waals surface area contributed by atoms with Crippen molar-refractivity contribution in [1.82, 2.24) is 9.80 Å². The second-order valence-corrected chi connectivity index (χ2v) is 8.72. The Morgan fingerprint density at radius 1 is 1.15 bits per heavy atom. The molecule has 2 heterocycles. The molecule has 0 unspecified atom stereocenters. The fourth-order valence-electron chi connectivity index (χ4n) is 3.17. The van der Waals surface area contributed by atoms with Gasteiger partial charge in [-0.25, -0.2) is 0 Å². The van der Waals surface area contributed by atoms with Gasteiger partial charge in [-0.3, -0.25) is 9.69 Å². The van der Waals surface area contributed by atoms with E-state index in [2.05, 4.69) is 36.8 Å². The zero-order valence-electron chi connectivity index (χ0n) is 11.3. The Morgan fingerprint density at radius 3 is 2.35 bits per heavy atom. The monoisotopic (exact) mass is 420 g/mol. The molecule has 0 N–H and O–H groups in total. The predicted octanol–water partition coefficient (Wildman–Crippen LogP) is 3.97. The number of amides is 1. The zero-order valence-corrected chi connectivity index (χ0v) is 15.3. The van der Waals surface area contributed by atoms with Gasteiger partial charge in [-0.1, -0.05) is 12.8 Å². The molecular weight excluding hydrogens is 404 g/mol. The Hall–Kier alpha value is 0.0900. The quantitative estimate of drug-likeness (QED) is 0.721. The summed E-state index contributed by atoms with van der Waals surface area (Å²) in [5.41, 5.74) is 0. The molecule has 110 valence electrons. The van der Waals surface area contributed by atoms with E-state index in [0.717, 1.165) is 45.4 Å². The van der Waals surface area contributed by atoms with Crippen molar-refractivity contribution in [3.8, 4) is 0 Å². The van der Waals surface area contributed by atoms with Gasteiger partial charge in [0.05, 0.1) is 8.66 Å². The van der Waals surface area contributed by atoms with Crippen LogP contribution >= 0.6 is 43.2 Å². The molecule has 20 heavy (non-hydrogen) atoms. The maximum atomic E-state index is 12.5. The van der Waals surface area contributed by atoms with Crippen molar-refractivity contribution in [2.45, 2.75) is 31.7 Å². The van der Waals surface area contributed by atoms with Gasteiger partial charge in [-0.15, -0.1) is 11.3 Å². The number of carbonyl (C=O) groups is 1. The number of hydrogen-bond acceptors (Lipinski definition) is 3. The van der Waals surface area contributed by atoms with Crippen molar-refractivity contribution >= 4 is 49.1 Å². The van der Waals surface area contributed by atoms with E-state index in [1.807, 2.05) is 11.0 Å². The minimum Gasteiger partial charge on any atom is -0.335 e. The molecule has 1 saturated carbocycles. The first-order valence-corrected chi connectivity index (χ1v) is 9.53. The Morgan fingerprint density at radius 2 is 1.80 bits per heavy atom. The van der Waals surface area contributed by atoms with Crippen LogP contribution in [0.3, 0.4) is 0 Å². The van der Waals surface area contributed by atoms with Crippen molar-refractivity contribution in [2.75, 3.05) is 26.2 Å². The van der Waals surface area contributed by atoms with E-state index < -0.39 is 0 Å². The third kappa shape index (κ3) is 3.13. The lowest BCUT2D eigenvalue weighted by molar-refractivity contribution is 0.0578. The smallest absolute Gasteiger partial charge is 0.264 e. The standard InChI is InChI=1S/C14H18Br2N2OS/c15-11-9-12(20-13(11)16)14(19)18-7-5-17(6-8-18)10-3-1-2-4-10/h9-10H,1-8H2. The van der Waals surface area contributed by atoms with Crippen molar-refractivity contribution in [2.24, 2.45) is 0 Å². The second kappa shape index (κ2) is 6.46. The highest BCUT2D eigenvalue weighted by Gasteiger charge is 2.28. The van der Waals surface area contributed by atoms with Gasteiger partial charge in [0.1, 0.15) is 0 Å². The minimum atomic E-state index is 0.174. The first kappa shape index (κ1) is 15.0. The molecule has 3 nitrogen and oxygen atoms in total. The van der Waals surface area contributed by atoms with Gasteiger partial charge in [-0.05, 0) is 50.8 Å². The summed E-state index contributed by atoms with van der Waals surface area (Å²) in [7, 11) is 0. The Bertz CT molecular complexity index is 472. The maximum absolute atomic E-state index is 12.5. The molecule has 0 bridgehead atoms. The van der Waals surface area contributed by atoms with E-state index in [9.17, 15) is 4.79 Å². The average Bonchev–Trinajstić information content (AvgIpc) is 3.09. The van der Waals surface area contributed by atoms with Gasteiger partial charge in [0.15, 0.2) is 0 Å². The second-order valence-electron chi connectivity index (χ2n) is 5.50. The van der Waals surface area contributed by atoms with Crippen LogP contribution in [0.4, 0.5) is 0 Å². The predicted molar refractivity (Wildman–Crippen MR) is 89.5 cm³/mol. The third-order valence-corrected chi connectivity index (χ3v) is 7.54. The van der Waals surface area contributed by atoms with E-state index in [-0.39, 0.29) is 5.91 Å². The number of hydrogen-bond donors (Lipinski definition) is 0. The molecule has 1 aromatic rings. The molecule has 1 aliphatic carbocycles. The van der Waals surface area contributed by atoms with Crippen LogP contribution in [0.1, 0.15) is 35.4 Å². The van der Waals surface area contributed by atoms with Crippen LogP contribution in [-0.2, 0) is 0 Å². The minimum absolute atomic E-state index is 0.174. The summed E-state index contributed by atoms with van der Waals surface area (Å²) in [5, 5.41) is 0. The summed E-state index contributed by atoms with van der Waals surface area (Å²) in [6.45, 7) is 3.79. The number of rotatable bonds is 2. The SMILES string of the molecule is O=C(c1cc(Br)c(Br)s1)N1CCN(C2CCCC2)CC1. The lowest BCUT2D eigenvalue weighted by atomic mass is 10.2. The molecule has 0 aromatic carbocycles. The normalized spacial score (nSPS) is 21.6. The molecule has 3 rings (SSSR count). The molecule has 6 heteroatoms. The molecule has 2 aliphatic rings. The fourth-order valence-corrected chi connectivity index (χ4v) is 5.17. The van der Waals surface area contributed by atoms with E-state index in [4.69, 9.17) is 0 Å². The van der Waals surface area contributed by atoms with Crippen LogP contribution in [0.15, 0.2) is 14.3 Å². The molecule has 1 amide bonds. The molecule has 1 saturated heterocycles. The molecule has 1 aliphatic heterocycles. The summed E-state index contributed by atoms with van der Waals surface area (Å²) < 4.78 is 1.96. The van der Waals surface area contributed by atoms with E-state index >= 15 is 0 Å². The van der Waals surface area contributed by atoms with Gasteiger partial charge in [0.2, 0.25) is 0 Å². The lowest BCUT2D eigenvalue weighted by Crippen LogP contribution is -2.51. The van der Waals surface area contributed by atoms with Crippen LogP contribution in [0, 0.1) is 0 Å². The molecule has 0 spiro atoms. The van der Waals surface area contributed by atoms with Crippen LogP contribution < -0.4 is 0 Å². The van der Waals surface area contributed by atoms with Crippen molar-refractivity contribution in [3.63, 3.8) is 0 Å². The Labute approximate surface area is 140 Å². The van der Waals surface area contributed by atoms with Crippen molar-refractivity contribution < 1.29 is 4.79 Å². The fraction of sp³-hybridized carbons (Fsp3) is 0.643. The van der Waals surface area contributed by atoms with Gasteiger partial charge in [0.25, 0.3) is 5.91 Å². The van der Waals surface area contributed by atoms with Crippen molar-refractivity contribution in [1.29, 1.82) is 0 Å². The van der Waals surface area contributed by atoms with E-state index in [0.29, 0.717) is 0 Å². The van der Waals surface area contributed by atoms with Crippen LogP contribution in [0.5, 0.6) is 0 Å².